The lowest BCUT2D eigenvalue weighted by atomic mass is 9.95. The van der Waals surface area contributed by atoms with E-state index in [4.69, 9.17) is 9.47 Å². The predicted molar refractivity (Wildman–Crippen MR) is 64.0 cm³/mol. The summed E-state index contributed by atoms with van der Waals surface area (Å²) in [5.41, 5.74) is 0.539. The van der Waals surface area contributed by atoms with Crippen LogP contribution in [0.25, 0.3) is 0 Å². The summed E-state index contributed by atoms with van der Waals surface area (Å²) in [6.07, 6.45) is 1.93. The van der Waals surface area contributed by atoms with Crippen LogP contribution < -0.4 is 4.74 Å². The Hall–Kier alpha value is -1.13. The number of rotatable bonds is 1. The van der Waals surface area contributed by atoms with Crippen molar-refractivity contribution in [3.8, 4) is 5.75 Å². The van der Waals surface area contributed by atoms with Crippen LogP contribution in [0.5, 0.6) is 5.75 Å². The van der Waals surface area contributed by atoms with Crippen molar-refractivity contribution >= 4 is 0 Å². The molecule has 0 aliphatic carbocycles. The number of benzene rings is 1. The van der Waals surface area contributed by atoms with E-state index in [-0.39, 0.29) is 24.1 Å². The first-order chi connectivity index (χ1) is 8.63. The molecule has 98 valence electrons. The molecular weight excluding hydrogens is 235 g/mol. The van der Waals surface area contributed by atoms with Gasteiger partial charge in [-0.2, -0.15) is 0 Å². The Kier molecular flexibility index (Phi) is 2.99. The lowest BCUT2D eigenvalue weighted by molar-refractivity contribution is -0.0466. The highest BCUT2D eigenvalue weighted by Crippen LogP contribution is 2.38. The summed E-state index contributed by atoms with van der Waals surface area (Å²) in [5.74, 6) is 0.226. The van der Waals surface area contributed by atoms with Crippen LogP contribution >= 0.6 is 0 Å². The average Bonchev–Trinajstić information content (AvgIpc) is 2.77. The van der Waals surface area contributed by atoms with Crippen LogP contribution in [0.15, 0.2) is 18.2 Å². The Morgan fingerprint density at radius 1 is 1.28 bits per heavy atom. The fourth-order valence-electron chi connectivity index (χ4n) is 2.78. The second kappa shape index (κ2) is 4.52. The lowest BCUT2D eigenvalue weighted by Gasteiger charge is -2.32. The molecule has 2 aliphatic heterocycles. The van der Waals surface area contributed by atoms with E-state index in [1.54, 1.807) is 6.07 Å². The van der Waals surface area contributed by atoms with Crippen LogP contribution in [0, 0.1) is 5.82 Å². The predicted octanol–water partition coefficient (Wildman–Crippen LogP) is 2.58. The van der Waals surface area contributed by atoms with Crippen molar-refractivity contribution in [1.82, 2.24) is 0 Å². The zero-order chi connectivity index (χ0) is 12.7. The summed E-state index contributed by atoms with van der Waals surface area (Å²) in [4.78, 5) is 0. The second-order valence-electron chi connectivity index (χ2n) is 5.15. The largest absolute Gasteiger partial charge is 0.487 e. The van der Waals surface area contributed by atoms with Gasteiger partial charge in [-0.15, -0.1) is 0 Å². The molecule has 18 heavy (non-hydrogen) atoms. The second-order valence-corrected chi connectivity index (χ2v) is 5.15. The van der Waals surface area contributed by atoms with E-state index >= 15 is 0 Å². The summed E-state index contributed by atoms with van der Waals surface area (Å²) in [6.45, 7) is 2.04. The Morgan fingerprint density at radius 2 is 2.11 bits per heavy atom. The van der Waals surface area contributed by atoms with E-state index in [9.17, 15) is 9.50 Å². The molecule has 3 unspecified atom stereocenters. The highest BCUT2D eigenvalue weighted by atomic mass is 19.1. The summed E-state index contributed by atoms with van der Waals surface area (Å²) in [6, 6.07) is 4.28. The van der Waals surface area contributed by atoms with E-state index in [0.717, 1.165) is 12.8 Å². The maximum atomic E-state index is 13.1. The van der Waals surface area contributed by atoms with Crippen LogP contribution in [0.1, 0.15) is 37.9 Å². The molecule has 3 nitrogen and oxygen atoms in total. The molecule has 2 aliphatic rings. The number of hydrogen-bond acceptors (Lipinski definition) is 3. The van der Waals surface area contributed by atoms with Gasteiger partial charge in [0.1, 0.15) is 17.7 Å². The van der Waals surface area contributed by atoms with Crippen molar-refractivity contribution in [2.45, 2.75) is 50.6 Å². The van der Waals surface area contributed by atoms with Crippen molar-refractivity contribution in [3.05, 3.63) is 29.6 Å². The highest BCUT2D eigenvalue weighted by molar-refractivity contribution is 5.37. The van der Waals surface area contributed by atoms with Gasteiger partial charge in [0.15, 0.2) is 0 Å². The van der Waals surface area contributed by atoms with Gasteiger partial charge >= 0.3 is 0 Å². The van der Waals surface area contributed by atoms with Crippen LogP contribution in [-0.4, -0.2) is 23.4 Å². The summed E-state index contributed by atoms with van der Waals surface area (Å²) >= 11 is 0. The number of aliphatic hydroxyl groups excluding tert-OH is 1. The minimum atomic E-state index is -0.672. The van der Waals surface area contributed by atoms with E-state index in [0.29, 0.717) is 17.7 Å². The van der Waals surface area contributed by atoms with Gasteiger partial charge in [-0.05, 0) is 38.0 Å². The van der Waals surface area contributed by atoms with Crippen molar-refractivity contribution in [1.29, 1.82) is 0 Å². The Balaban J connectivity index is 1.81. The number of aliphatic hydroxyl groups is 1. The Morgan fingerprint density at radius 3 is 2.83 bits per heavy atom. The fourth-order valence-corrected chi connectivity index (χ4v) is 2.78. The van der Waals surface area contributed by atoms with Gasteiger partial charge in [0.2, 0.25) is 0 Å². The third kappa shape index (κ3) is 2.10. The maximum absolute atomic E-state index is 13.1. The highest BCUT2D eigenvalue weighted by Gasteiger charge is 2.36. The molecule has 1 saturated heterocycles. The summed E-state index contributed by atoms with van der Waals surface area (Å²) < 4.78 is 24.7. The van der Waals surface area contributed by atoms with Crippen molar-refractivity contribution in [2.75, 3.05) is 0 Å². The molecule has 0 spiro atoms. The molecule has 2 heterocycles. The van der Waals surface area contributed by atoms with Crippen LogP contribution in [0.3, 0.4) is 0 Å². The number of ether oxygens (including phenoxy) is 2. The Bertz CT molecular complexity index is 449. The third-order valence-corrected chi connectivity index (χ3v) is 3.74. The zero-order valence-electron chi connectivity index (χ0n) is 10.3. The minimum absolute atomic E-state index is 0.0350. The first-order valence-electron chi connectivity index (χ1n) is 6.43. The van der Waals surface area contributed by atoms with Crippen LogP contribution in [-0.2, 0) is 4.74 Å². The smallest absolute Gasteiger partial charge is 0.128 e. The SMILES string of the molecule is CC1CCC(C2C[C@@H](O)c3cc(F)ccc3O2)O1. The van der Waals surface area contributed by atoms with E-state index in [2.05, 4.69) is 0 Å². The van der Waals surface area contributed by atoms with Gasteiger partial charge in [-0.3, -0.25) is 0 Å². The van der Waals surface area contributed by atoms with Crippen molar-refractivity contribution in [2.24, 2.45) is 0 Å². The molecule has 0 bridgehead atoms. The van der Waals surface area contributed by atoms with Gasteiger partial charge in [-0.1, -0.05) is 0 Å². The molecule has 4 atom stereocenters. The number of hydrogen-bond donors (Lipinski definition) is 1. The first kappa shape index (κ1) is 11.9. The monoisotopic (exact) mass is 252 g/mol. The fraction of sp³-hybridized carbons (Fsp3) is 0.571. The van der Waals surface area contributed by atoms with E-state index < -0.39 is 6.10 Å². The number of halogens is 1. The average molecular weight is 252 g/mol. The topological polar surface area (TPSA) is 38.7 Å². The van der Waals surface area contributed by atoms with Gasteiger partial charge < -0.3 is 14.6 Å². The first-order valence-corrected chi connectivity index (χ1v) is 6.43. The normalized spacial score (nSPS) is 35.1. The standard InChI is InChI=1S/C14H17FO3/c1-8-2-4-13(17-8)14-7-11(16)10-6-9(15)3-5-12(10)18-14/h3,5-6,8,11,13-14,16H,2,4,7H2,1H3/t8?,11-,13?,14?/m1/s1. The Labute approximate surface area is 106 Å². The summed E-state index contributed by atoms with van der Waals surface area (Å²) in [5, 5.41) is 10.1. The molecule has 0 aromatic heterocycles. The van der Waals surface area contributed by atoms with Gasteiger partial charge in [-0.25, -0.2) is 4.39 Å². The van der Waals surface area contributed by atoms with Crippen molar-refractivity contribution < 1.29 is 19.0 Å². The lowest BCUT2D eigenvalue weighted by Crippen LogP contribution is -2.36. The van der Waals surface area contributed by atoms with Gasteiger partial charge in [0.25, 0.3) is 0 Å². The number of fused-ring (bicyclic) bond motifs is 1. The maximum Gasteiger partial charge on any atom is 0.128 e. The molecular formula is C14H17FO3. The molecule has 1 aromatic rings. The third-order valence-electron chi connectivity index (χ3n) is 3.74. The zero-order valence-corrected chi connectivity index (χ0v) is 10.3. The van der Waals surface area contributed by atoms with Crippen molar-refractivity contribution in [3.63, 3.8) is 0 Å². The molecule has 3 rings (SSSR count). The van der Waals surface area contributed by atoms with Crippen LogP contribution in [0.4, 0.5) is 4.39 Å². The van der Waals surface area contributed by atoms with E-state index in [1.807, 2.05) is 6.92 Å². The van der Waals surface area contributed by atoms with E-state index in [1.165, 1.54) is 12.1 Å². The molecule has 1 N–H and O–H groups in total. The summed E-state index contributed by atoms with van der Waals surface area (Å²) in [7, 11) is 0. The molecule has 0 radical (unpaired) electrons. The molecule has 4 heteroatoms. The molecule has 1 fully saturated rings. The quantitative estimate of drug-likeness (QED) is 0.835. The molecule has 0 amide bonds. The van der Waals surface area contributed by atoms with Gasteiger partial charge in [0.05, 0.1) is 18.3 Å². The van der Waals surface area contributed by atoms with Gasteiger partial charge in [0, 0.05) is 12.0 Å². The molecule has 0 saturated carbocycles. The minimum Gasteiger partial charge on any atom is -0.487 e. The van der Waals surface area contributed by atoms with Crippen LogP contribution in [0.2, 0.25) is 0 Å². The molecule has 1 aromatic carbocycles.